The summed E-state index contributed by atoms with van der Waals surface area (Å²) in [7, 11) is 0. The molecule has 1 rings (SSSR count). The Kier molecular flexibility index (Phi) is 10.5. The number of aliphatic imine (C=N–C) groups is 1. The molecule has 0 saturated carbocycles. The quantitative estimate of drug-likeness (QED) is 0.282. The minimum absolute atomic E-state index is 0. The highest BCUT2D eigenvalue weighted by Gasteiger charge is 2.08. The molecule has 0 aliphatic heterocycles. The predicted molar refractivity (Wildman–Crippen MR) is 100 cm³/mol. The summed E-state index contributed by atoms with van der Waals surface area (Å²) in [4.78, 5) is 4.63. The zero-order valence-corrected chi connectivity index (χ0v) is 16.2. The number of halogens is 1. The second-order valence-electron chi connectivity index (χ2n) is 5.56. The molecule has 6 heteroatoms. The lowest BCUT2D eigenvalue weighted by atomic mass is 10.1. The number of guanidine groups is 1. The Balaban J connectivity index is 0.00000400. The van der Waals surface area contributed by atoms with E-state index in [4.69, 9.17) is 0 Å². The lowest BCUT2D eigenvalue weighted by Gasteiger charge is -2.20. The van der Waals surface area contributed by atoms with Gasteiger partial charge in [0.1, 0.15) is 0 Å². The van der Waals surface area contributed by atoms with Gasteiger partial charge in [0.2, 0.25) is 0 Å². The molecule has 0 aliphatic carbocycles. The highest BCUT2D eigenvalue weighted by atomic mass is 127. The Morgan fingerprint density at radius 3 is 2.62 bits per heavy atom. The van der Waals surface area contributed by atoms with Crippen molar-refractivity contribution >= 4 is 29.9 Å². The largest absolute Gasteiger partial charge is 0.357 e. The number of aromatic nitrogens is 2. The first-order valence-electron chi connectivity index (χ1n) is 7.58. The van der Waals surface area contributed by atoms with E-state index >= 15 is 0 Å². The van der Waals surface area contributed by atoms with Gasteiger partial charge in [-0.2, -0.15) is 5.10 Å². The Hall–Kier alpha value is -0.790. The Morgan fingerprint density at radius 1 is 1.38 bits per heavy atom. The van der Waals surface area contributed by atoms with E-state index in [1.165, 1.54) is 5.56 Å². The molecule has 1 atom stereocenters. The molecular formula is C15H30IN5. The summed E-state index contributed by atoms with van der Waals surface area (Å²) >= 11 is 0. The molecule has 1 aromatic rings. The summed E-state index contributed by atoms with van der Waals surface area (Å²) in [6.07, 6.45) is 3.96. The molecule has 3 N–H and O–H groups in total. The van der Waals surface area contributed by atoms with Crippen LogP contribution in [0.3, 0.4) is 0 Å². The minimum Gasteiger partial charge on any atom is -0.357 e. The van der Waals surface area contributed by atoms with Crippen molar-refractivity contribution < 1.29 is 0 Å². The maximum atomic E-state index is 4.63. The van der Waals surface area contributed by atoms with Gasteiger partial charge in [0.25, 0.3) is 0 Å². The SMILES string of the molecule is CCNC(=NCCCc1cn[nH]c1C)NC(C)C(C)C.I. The van der Waals surface area contributed by atoms with Crippen LogP contribution in [0.5, 0.6) is 0 Å². The lowest BCUT2D eigenvalue weighted by molar-refractivity contribution is 0.481. The second kappa shape index (κ2) is 10.9. The zero-order chi connectivity index (χ0) is 15.0. The molecule has 1 heterocycles. The maximum absolute atomic E-state index is 4.63. The molecule has 0 aliphatic rings. The van der Waals surface area contributed by atoms with E-state index in [9.17, 15) is 0 Å². The van der Waals surface area contributed by atoms with Crippen LogP contribution < -0.4 is 10.6 Å². The average Bonchev–Trinajstić information content (AvgIpc) is 2.80. The van der Waals surface area contributed by atoms with E-state index in [0.717, 1.165) is 37.6 Å². The number of nitrogens with zero attached hydrogens (tertiary/aromatic N) is 2. The van der Waals surface area contributed by atoms with Gasteiger partial charge in [-0.15, -0.1) is 24.0 Å². The first-order valence-corrected chi connectivity index (χ1v) is 7.58. The third kappa shape index (κ3) is 7.68. The van der Waals surface area contributed by atoms with E-state index in [0.29, 0.717) is 12.0 Å². The normalized spacial score (nSPS) is 13.0. The fourth-order valence-electron chi connectivity index (χ4n) is 1.79. The molecule has 0 radical (unpaired) electrons. The van der Waals surface area contributed by atoms with Crippen LogP contribution in [0.4, 0.5) is 0 Å². The van der Waals surface area contributed by atoms with Crippen LogP contribution in [0.2, 0.25) is 0 Å². The summed E-state index contributed by atoms with van der Waals surface area (Å²) in [5.41, 5.74) is 2.45. The Labute approximate surface area is 145 Å². The molecule has 1 unspecified atom stereocenters. The van der Waals surface area contributed by atoms with Gasteiger partial charge in [-0.25, -0.2) is 0 Å². The van der Waals surface area contributed by atoms with Crippen LogP contribution in [-0.2, 0) is 6.42 Å². The van der Waals surface area contributed by atoms with Gasteiger partial charge in [0.15, 0.2) is 5.96 Å². The maximum Gasteiger partial charge on any atom is 0.191 e. The smallest absolute Gasteiger partial charge is 0.191 e. The van der Waals surface area contributed by atoms with Crippen LogP contribution >= 0.6 is 24.0 Å². The predicted octanol–water partition coefficient (Wildman–Crippen LogP) is 2.87. The van der Waals surface area contributed by atoms with Crippen LogP contribution in [0.25, 0.3) is 0 Å². The summed E-state index contributed by atoms with van der Waals surface area (Å²) in [5.74, 6) is 1.50. The number of H-pyrrole nitrogens is 1. The van der Waals surface area contributed by atoms with Crippen molar-refractivity contribution in [3.63, 3.8) is 0 Å². The molecule has 0 aromatic carbocycles. The van der Waals surface area contributed by atoms with E-state index in [1.54, 1.807) is 0 Å². The number of nitrogens with one attached hydrogen (secondary N) is 3. The minimum atomic E-state index is 0. The molecule has 122 valence electrons. The number of rotatable bonds is 7. The van der Waals surface area contributed by atoms with Crippen LogP contribution in [0.1, 0.15) is 45.4 Å². The van der Waals surface area contributed by atoms with Crippen LogP contribution in [0, 0.1) is 12.8 Å². The standard InChI is InChI=1S/C15H29N5.HI/c1-6-16-15(19-12(4)11(2)3)17-9-7-8-14-10-18-20-13(14)5;/h10-12H,6-9H2,1-5H3,(H,18,20)(H2,16,17,19);1H. The third-order valence-electron chi connectivity index (χ3n) is 3.52. The molecule has 0 fully saturated rings. The molecule has 0 saturated heterocycles. The first-order chi connectivity index (χ1) is 9.54. The van der Waals surface area contributed by atoms with Crippen LogP contribution in [-0.4, -0.2) is 35.3 Å². The van der Waals surface area contributed by atoms with Gasteiger partial charge in [0, 0.05) is 24.8 Å². The number of aromatic amines is 1. The number of aryl methyl sites for hydroxylation is 2. The molecule has 0 bridgehead atoms. The number of hydrogen-bond donors (Lipinski definition) is 3. The molecule has 0 amide bonds. The fourth-order valence-corrected chi connectivity index (χ4v) is 1.79. The topological polar surface area (TPSA) is 65.1 Å². The summed E-state index contributed by atoms with van der Waals surface area (Å²) in [6.45, 7) is 12.5. The summed E-state index contributed by atoms with van der Waals surface area (Å²) < 4.78 is 0. The van der Waals surface area contributed by atoms with Crippen molar-refractivity contribution in [2.75, 3.05) is 13.1 Å². The molecular weight excluding hydrogens is 377 g/mol. The van der Waals surface area contributed by atoms with Gasteiger partial charge < -0.3 is 10.6 Å². The highest BCUT2D eigenvalue weighted by molar-refractivity contribution is 14.0. The molecule has 0 spiro atoms. The molecule has 5 nitrogen and oxygen atoms in total. The van der Waals surface area contributed by atoms with Crippen molar-refractivity contribution in [1.82, 2.24) is 20.8 Å². The fraction of sp³-hybridized carbons (Fsp3) is 0.733. The second-order valence-corrected chi connectivity index (χ2v) is 5.56. The summed E-state index contributed by atoms with van der Waals surface area (Å²) in [5, 5.41) is 13.7. The van der Waals surface area contributed by atoms with E-state index in [1.807, 2.05) is 6.20 Å². The van der Waals surface area contributed by atoms with Gasteiger partial charge >= 0.3 is 0 Å². The van der Waals surface area contributed by atoms with Gasteiger partial charge in [-0.3, -0.25) is 10.1 Å². The van der Waals surface area contributed by atoms with Crippen molar-refractivity contribution in [3.8, 4) is 0 Å². The zero-order valence-electron chi connectivity index (χ0n) is 13.9. The monoisotopic (exact) mass is 407 g/mol. The first kappa shape index (κ1) is 20.2. The van der Waals surface area contributed by atoms with E-state index < -0.39 is 0 Å². The molecule has 21 heavy (non-hydrogen) atoms. The van der Waals surface area contributed by atoms with Gasteiger partial charge in [-0.05, 0) is 45.1 Å². The Bertz CT molecular complexity index is 414. The summed E-state index contributed by atoms with van der Waals surface area (Å²) in [6, 6.07) is 0.420. The van der Waals surface area contributed by atoms with Gasteiger partial charge in [-0.1, -0.05) is 13.8 Å². The van der Waals surface area contributed by atoms with Gasteiger partial charge in [0.05, 0.1) is 6.20 Å². The van der Waals surface area contributed by atoms with Crippen molar-refractivity contribution in [1.29, 1.82) is 0 Å². The third-order valence-corrected chi connectivity index (χ3v) is 3.52. The Morgan fingerprint density at radius 2 is 2.10 bits per heavy atom. The highest BCUT2D eigenvalue weighted by Crippen LogP contribution is 2.05. The van der Waals surface area contributed by atoms with Crippen molar-refractivity contribution in [2.24, 2.45) is 10.9 Å². The average molecular weight is 407 g/mol. The number of hydrogen-bond acceptors (Lipinski definition) is 2. The van der Waals surface area contributed by atoms with E-state index in [-0.39, 0.29) is 24.0 Å². The van der Waals surface area contributed by atoms with Crippen molar-refractivity contribution in [3.05, 3.63) is 17.5 Å². The van der Waals surface area contributed by atoms with E-state index in [2.05, 4.69) is 60.4 Å². The molecule has 1 aromatic heterocycles. The van der Waals surface area contributed by atoms with Crippen molar-refractivity contribution in [2.45, 2.75) is 53.5 Å². The lowest BCUT2D eigenvalue weighted by Crippen LogP contribution is -2.44. The van der Waals surface area contributed by atoms with Crippen LogP contribution in [0.15, 0.2) is 11.2 Å².